The van der Waals surface area contributed by atoms with Crippen molar-refractivity contribution in [3.63, 3.8) is 0 Å². The minimum atomic E-state index is 0.742. The lowest BCUT2D eigenvalue weighted by molar-refractivity contribution is 0.122. The van der Waals surface area contributed by atoms with Crippen LogP contribution in [0.3, 0.4) is 0 Å². The molecule has 0 spiro atoms. The Labute approximate surface area is 174 Å². The fourth-order valence-corrected chi connectivity index (χ4v) is 5.55. The summed E-state index contributed by atoms with van der Waals surface area (Å²) in [5.74, 6) is 2.08. The molecule has 0 radical (unpaired) electrons. The quantitative estimate of drug-likeness (QED) is 0.621. The van der Waals surface area contributed by atoms with E-state index < -0.39 is 0 Å². The Hall–Kier alpha value is -2.03. The van der Waals surface area contributed by atoms with E-state index in [0.29, 0.717) is 0 Å². The first-order chi connectivity index (χ1) is 14.4. The topological polar surface area (TPSA) is 72.4 Å². The second-order valence-electron chi connectivity index (χ2n) is 7.65. The van der Waals surface area contributed by atoms with Gasteiger partial charge >= 0.3 is 0 Å². The number of thiophene rings is 1. The molecule has 0 unspecified atom stereocenters. The number of pyridine rings is 1. The molecule has 0 aromatic carbocycles. The van der Waals surface area contributed by atoms with Gasteiger partial charge in [0.1, 0.15) is 22.8 Å². The Kier molecular flexibility index (Phi) is 5.48. The molecule has 0 saturated carbocycles. The molecule has 4 heterocycles. The van der Waals surface area contributed by atoms with Crippen LogP contribution < -0.4 is 10.2 Å². The Bertz CT molecular complexity index is 1020. The van der Waals surface area contributed by atoms with Gasteiger partial charge in [-0.3, -0.25) is 0 Å². The molecule has 1 aliphatic heterocycles. The van der Waals surface area contributed by atoms with E-state index in [0.717, 1.165) is 79.6 Å². The van der Waals surface area contributed by atoms with Crippen LogP contribution in [-0.2, 0) is 22.3 Å². The number of hydrogen-bond acceptors (Lipinski definition) is 8. The molecule has 2 aliphatic rings. The summed E-state index contributed by atoms with van der Waals surface area (Å²) in [5, 5.41) is 4.72. The Morgan fingerprint density at radius 2 is 2.00 bits per heavy atom. The van der Waals surface area contributed by atoms with Gasteiger partial charge in [0.15, 0.2) is 0 Å². The zero-order valence-electron chi connectivity index (χ0n) is 16.9. The number of rotatable bonds is 6. The fraction of sp³-hybridized carbons (Fsp3) is 0.571. The number of morpholine rings is 1. The molecule has 3 aromatic rings. The molecule has 0 bridgehead atoms. The van der Waals surface area contributed by atoms with E-state index in [9.17, 15) is 0 Å². The van der Waals surface area contributed by atoms with Gasteiger partial charge in [0.25, 0.3) is 0 Å². The number of nitrogens with one attached hydrogen (secondary N) is 1. The van der Waals surface area contributed by atoms with Crippen LogP contribution in [0, 0.1) is 0 Å². The van der Waals surface area contributed by atoms with Crippen LogP contribution in [0.5, 0.6) is 0 Å². The predicted molar refractivity (Wildman–Crippen MR) is 117 cm³/mol. The molecule has 8 heteroatoms. The van der Waals surface area contributed by atoms with Crippen LogP contribution in [0.15, 0.2) is 6.33 Å². The number of anilines is 2. The number of aryl methyl sites for hydroxylation is 1. The summed E-state index contributed by atoms with van der Waals surface area (Å²) in [6.45, 7) is 4.97. The molecule has 0 amide bonds. The molecule has 1 N–H and O–H groups in total. The van der Waals surface area contributed by atoms with Crippen molar-refractivity contribution in [2.45, 2.75) is 32.1 Å². The molecule has 1 fully saturated rings. The van der Waals surface area contributed by atoms with Crippen LogP contribution in [0.2, 0.25) is 0 Å². The largest absolute Gasteiger partial charge is 0.385 e. The smallest absolute Gasteiger partial charge is 0.147 e. The third-order valence-electron chi connectivity index (χ3n) is 5.83. The summed E-state index contributed by atoms with van der Waals surface area (Å²) in [6.07, 6.45) is 7.31. The van der Waals surface area contributed by atoms with Crippen molar-refractivity contribution < 1.29 is 9.47 Å². The van der Waals surface area contributed by atoms with Gasteiger partial charge < -0.3 is 19.7 Å². The van der Waals surface area contributed by atoms with Gasteiger partial charge in [-0.05, 0) is 43.2 Å². The molecular weight excluding hydrogens is 386 g/mol. The average molecular weight is 414 g/mol. The highest BCUT2D eigenvalue weighted by molar-refractivity contribution is 7.26. The summed E-state index contributed by atoms with van der Waals surface area (Å²) < 4.78 is 11.8. The lowest BCUT2D eigenvalue weighted by Gasteiger charge is -2.31. The molecule has 7 nitrogen and oxygen atoms in total. The third-order valence-corrected chi connectivity index (χ3v) is 6.91. The van der Waals surface area contributed by atoms with E-state index in [-0.39, 0.29) is 0 Å². The highest BCUT2D eigenvalue weighted by atomic mass is 32.1. The molecule has 3 aromatic heterocycles. The third kappa shape index (κ3) is 3.53. The Balaban J connectivity index is 1.62. The standard InChI is InChI=1S/C21H27N5O2S/c1-27-10-4-7-22-19-18-17(23-13-24-19)16-14-5-2-3-6-15(14)20(25-21(16)29-18)26-8-11-28-12-9-26/h13H,2-12H2,1H3,(H,22,23,24). The van der Waals surface area contributed by atoms with Crippen molar-refractivity contribution in [2.75, 3.05) is 56.8 Å². The molecule has 0 atom stereocenters. The highest BCUT2D eigenvalue weighted by Crippen LogP contribution is 2.42. The zero-order valence-corrected chi connectivity index (χ0v) is 17.7. The van der Waals surface area contributed by atoms with Crippen molar-refractivity contribution in [1.29, 1.82) is 0 Å². The van der Waals surface area contributed by atoms with Crippen LogP contribution >= 0.6 is 11.3 Å². The number of aromatic nitrogens is 3. The van der Waals surface area contributed by atoms with E-state index in [2.05, 4.69) is 20.2 Å². The van der Waals surface area contributed by atoms with Gasteiger partial charge in [-0.15, -0.1) is 11.3 Å². The van der Waals surface area contributed by atoms with E-state index in [1.54, 1.807) is 24.8 Å². The second kappa shape index (κ2) is 8.38. The van der Waals surface area contributed by atoms with Crippen molar-refractivity contribution in [3.05, 3.63) is 17.5 Å². The van der Waals surface area contributed by atoms with E-state index in [4.69, 9.17) is 14.5 Å². The van der Waals surface area contributed by atoms with Gasteiger partial charge in [-0.1, -0.05) is 0 Å². The normalized spacial score (nSPS) is 17.1. The Morgan fingerprint density at radius 3 is 2.83 bits per heavy atom. The molecule has 154 valence electrons. The van der Waals surface area contributed by atoms with Gasteiger partial charge in [0.2, 0.25) is 0 Å². The van der Waals surface area contributed by atoms with Crippen molar-refractivity contribution >= 4 is 43.4 Å². The number of methoxy groups -OCH3 is 1. The maximum atomic E-state index is 5.57. The number of fused-ring (bicyclic) bond motifs is 5. The monoisotopic (exact) mass is 413 g/mol. The molecule has 1 aliphatic carbocycles. The van der Waals surface area contributed by atoms with Crippen LogP contribution in [0.4, 0.5) is 11.6 Å². The lowest BCUT2D eigenvalue weighted by atomic mass is 9.90. The van der Waals surface area contributed by atoms with Crippen molar-refractivity contribution in [2.24, 2.45) is 0 Å². The maximum Gasteiger partial charge on any atom is 0.147 e. The highest BCUT2D eigenvalue weighted by Gasteiger charge is 2.26. The SMILES string of the molecule is COCCCNc1ncnc2c1sc1nc(N3CCOCC3)c3c(c12)CCCC3. The van der Waals surface area contributed by atoms with Crippen molar-refractivity contribution in [3.8, 4) is 0 Å². The van der Waals surface area contributed by atoms with Gasteiger partial charge in [0.05, 0.1) is 23.4 Å². The number of hydrogen-bond donors (Lipinski definition) is 1. The van der Waals surface area contributed by atoms with Gasteiger partial charge in [-0.25, -0.2) is 15.0 Å². The van der Waals surface area contributed by atoms with Gasteiger partial charge in [-0.2, -0.15) is 0 Å². The molecule has 1 saturated heterocycles. The van der Waals surface area contributed by atoms with Crippen LogP contribution in [-0.4, -0.2) is 61.5 Å². The average Bonchev–Trinajstić information content (AvgIpc) is 3.16. The zero-order chi connectivity index (χ0) is 19.6. The predicted octanol–water partition coefficient (Wildman–Crippen LogP) is 3.40. The summed E-state index contributed by atoms with van der Waals surface area (Å²) in [4.78, 5) is 17.9. The first-order valence-electron chi connectivity index (χ1n) is 10.5. The molecule has 29 heavy (non-hydrogen) atoms. The molecular formula is C21H27N5O2S. The maximum absolute atomic E-state index is 5.57. The van der Waals surface area contributed by atoms with E-state index in [1.807, 2.05) is 0 Å². The lowest BCUT2D eigenvalue weighted by Crippen LogP contribution is -2.37. The summed E-state index contributed by atoms with van der Waals surface area (Å²) >= 11 is 1.72. The minimum Gasteiger partial charge on any atom is -0.385 e. The summed E-state index contributed by atoms with van der Waals surface area (Å²) in [7, 11) is 1.73. The van der Waals surface area contributed by atoms with Gasteiger partial charge in [0, 0.05) is 38.7 Å². The van der Waals surface area contributed by atoms with E-state index in [1.165, 1.54) is 35.2 Å². The van der Waals surface area contributed by atoms with E-state index >= 15 is 0 Å². The van der Waals surface area contributed by atoms with Crippen LogP contribution in [0.25, 0.3) is 20.4 Å². The number of ether oxygens (including phenoxy) is 2. The molecule has 5 rings (SSSR count). The van der Waals surface area contributed by atoms with Crippen molar-refractivity contribution in [1.82, 2.24) is 15.0 Å². The summed E-state index contributed by atoms with van der Waals surface area (Å²) in [6, 6.07) is 0. The van der Waals surface area contributed by atoms with Crippen LogP contribution in [0.1, 0.15) is 30.4 Å². The first kappa shape index (κ1) is 19.0. The Morgan fingerprint density at radius 1 is 1.17 bits per heavy atom. The minimum absolute atomic E-state index is 0.742. The second-order valence-corrected chi connectivity index (χ2v) is 8.65. The number of nitrogens with zero attached hydrogens (tertiary/aromatic N) is 4. The first-order valence-corrected chi connectivity index (χ1v) is 11.3. The summed E-state index contributed by atoms with van der Waals surface area (Å²) in [5.41, 5.74) is 3.94. The fourth-order valence-electron chi connectivity index (χ4n) is 4.43.